The Labute approximate surface area is 49.9 Å². The molecular formula is C8H8. The summed E-state index contributed by atoms with van der Waals surface area (Å²) in [6.07, 6.45) is 7.17. The van der Waals surface area contributed by atoms with Crippen molar-refractivity contribution in [3.05, 3.63) is 17.9 Å². The zero-order chi connectivity index (χ0) is 5.66. The molecule has 1 aliphatic rings. The first-order valence-electron chi connectivity index (χ1n) is 2.88. The van der Waals surface area contributed by atoms with Gasteiger partial charge in [-0.1, -0.05) is 11.8 Å². The molecule has 0 unspecified atom stereocenters. The third-order valence-corrected chi connectivity index (χ3v) is 1.03. The second kappa shape index (κ2) is 3.13. The van der Waals surface area contributed by atoms with Crippen molar-refractivity contribution in [2.75, 3.05) is 0 Å². The maximum Gasteiger partial charge on any atom is 0.0298 e. The Morgan fingerprint density at radius 3 is 3.38 bits per heavy atom. The number of hydrogen-bond acceptors (Lipinski definition) is 0. The standard InChI is InChI=1S/C8H8/c1-2-4-6-8-7-5-3-1/h1,5H,2,4,6H2. The van der Waals surface area contributed by atoms with E-state index in [-0.39, 0.29) is 0 Å². The van der Waals surface area contributed by atoms with Crippen molar-refractivity contribution >= 4 is 0 Å². The first-order chi connectivity index (χ1) is 4.00. The van der Waals surface area contributed by atoms with E-state index in [2.05, 4.69) is 17.6 Å². The van der Waals surface area contributed by atoms with Gasteiger partial charge >= 0.3 is 0 Å². The quantitative estimate of drug-likeness (QED) is 0.325. The van der Waals surface area contributed by atoms with Gasteiger partial charge in [0, 0.05) is 12.5 Å². The predicted molar refractivity (Wildman–Crippen MR) is 34.3 cm³/mol. The molecule has 0 aliphatic heterocycles. The van der Waals surface area contributed by atoms with Crippen LogP contribution in [0.15, 0.2) is 17.9 Å². The predicted octanol–water partition coefficient (Wildman–Crippen LogP) is 1.89. The lowest BCUT2D eigenvalue weighted by atomic mass is 10.2. The number of rotatable bonds is 0. The SMILES string of the molecule is C1=CC#CCCCC=1. The third kappa shape index (κ3) is 1.69. The normalized spacial score (nSPS) is 16.0. The van der Waals surface area contributed by atoms with E-state index < -0.39 is 0 Å². The molecule has 0 aromatic carbocycles. The van der Waals surface area contributed by atoms with Gasteiger partial charge in [0.25, 0.3) is 0 Å². The highest BCUT2D eigenvalue weighted by molar-refractivity contribution is 5.15. The van der Waals surface area contributed by atoms with E-state index in [9.17, 15) is 0 Å². The van der Waals surface area contributed by atoms with E-state index in [1.54, 1.807) is 6.08 Å². The third-order valence-electron chi connectivity index (χ3n) is 1.03. The van der Waals surface area contributed by atoms with Crippen molar-refractivity contribution in [2.45, 2.75) is 19.3 Å². The minimum Gasteiger partial charge on any atom is -0.116 e. The summed E-state index contributed by atoms with van der Waals surface area (Å²) in [5.41, 5.74) is 2.96. The molecule has 0 atom stereocenters. The maximum atomic E-state index is 3.00. The Morgan fingerprint density at radius 2 is 2.38 bits per heavy atom. The van der Waals surface area contributed by atoms with Gasteiger partial charge in [-0.05, 0) is 18.9 Å². The molecule has 0 aromatic rings. The van der Waals surface area contributed by atoms with E-state index in [1.165, 1.54) is 6.42 Å². The molecule has 40 valence electrons. The zero-order valence-corrected chi connectivity index (χ0v) is 4.78. The van der Waals surface area contributed by atoms with Crippen molar-refractivity contribution in [3.63, 3.8) is 0 Å². The van der Waals surface area contributed by atoms with Crippen LogP contribution >= 0.6 is 0 Å². The van der Waals surface area contributed by atoms with Crippen LogP contribution in [0.5, 0.6) is 0 Å². The van der Waals surface area contributed by atoms with Crippen molar-refractivity contribution in [1.82, 2.24) is 0 Å². The first-order valence-corrected chi connectivity index (χ1v) is 2.88. The molecule has 0 saturated heterocycles. The fraction of sp³-hybridized carbons (Fsp3) is 0.375. The summed E-state index contributed by atoms with van der Waals surface area (Å²) in [5.74, 6) is 5.87. The Bertz CT molecular complexity index is 170. The van der Waals surface area contributed by atoms with Gasteiger partial charge in [0.2, 0.25) is 0 Å². The molecule has 1 rings (SSSR count). The molecule has 0 heteroatoms. The molecule has 0 radical (unpaired) electrons. The summed E-state index contributed by atoms with van der Waals surface area (Å²) < 4.78 is 0. The summed E-state index contributed by atoms with van der Waals surface area (Å²) in [6.45, 7) is 0. The van der Waals surface area contributed by atoms with Gasteiger partial charge in [0.1, 0.15) is 0 Å². The van der Waals surface area contributed by atoms with Crippen LogP contribution in [0.3, 0.4) is 0 Å². The highest BCUT2D eigenvalue weighted by Crippen LogP contribution is 1.95. The molecule has 0 spiro atoms. The van der Waals surface area contributed by atoms with Crippen LogP contribution in [0.4, 0.5) is 0 Å². The molecule has 8 heavy (non-hydrogen) atoms. The molecular weight excluding hydrogens is 96.1 g/mol. The maximum absolute atomic E-state index is 3.00. The lowest BCUT2D eigenvalue weighted by Gasteiger charge is -1.85. The summed E-state index contributed by atoms with van der Waals surface area (Å²) in [5, 5.41) is 0. The molecule has 0 amide bonds. The molecule has 0 aromatic heterocycles. The van der Waals surface area contributed by atoms with E-state index in [0.717, 1.165) is 12.8 Å². The summed E-state index contributed by atoms with van der Waals surface area (Å²) >= 11 is 0. The number of allylic oxidation sites excluding steroid dienone is 1. The number of hydrogen-bond donors (Lipinski definition) is 0. The largest absolute Gasteiger partial charge is 0.116 e. The van der Waals surface area contributed by atoms with E-state index >= 15 is 0 Å². The highest BCUT2D eigenvalue weighted by Gasteiger charge is 1.78. The van der Waals surface area contributed by atoms with E-state index in [1.807, 2.05) is 6.08 Å². The average Bonchev–Trinajstić information content (AvgIpc) is 1.62. The molecule has 0 bridgehead atoms. The lowest BCUT2D eigenvalue weighted by Crippen LogP contribution is -1.69. The van der Waals surface area contributed by atoms with Crippen LogP contribution in [0, 0.1) is 11.8 Å². The van der Waals surface area contributed by atoms with Crippen molar-refractivity contribution in [1.29, 1.82) is 0 Å². The first kappa shape index (κ1) is 5.22. The van der Waals surface area contributed by atoms with Crippen LogP contribution in [-0.4, -0.2) is 0 Å². The average molecular weight is 104 g/mol. The Morgan fingerprint density at radius 1 is 1.38 bits per heavy atom. The second-order valence-electron chi connectivity index (χ2n) is 1.73. The topological polar surface area (TPSA) is 0 Å². The minimum atomic E-state index is 1.04. The highest BCUT2D eigenvalue weighted by atomic mass is 13.8. The van der Waals surface area contributed by atoms with Crippen molar-refractivity contribution in [3.8, 4) is 11.8 Å². The van der Waals surface area contributed by atoms with Gasteiger partial charge in [-0.25, -0.2) is 0 Å². The van der Waals surface area contributed by atoms with Crippen molar-refractivity contribution < 1.29 is 0 Å². The fourth-order valence-corrected chi connectivity index (χ4v) is 0.600. The van der Waals surface area contributed by atoms with Crippen LogP contribution in [0.2, 0.25) is 0 Å². The Balaban J connectivity index is 2.62. The van der Waals surface area contributed by atoms with Crippen LogP contribution < -0.4 is 0 Å². The van der Waals surface area contributed by atoms with Gasteiger partial charge in [-0.15, -0.1) is 5.73 Å². The lowest BCUT2D eigenvalue weighted by molar-refractivity contribution is 0.885. The second-order valence-corrected chi connectivity index (χ2v) is 1.73. The van der Waals surface area contributed by atoms with Crippen LogP contribution in [0.1, 0.15) is 19.3 Å². The van der Waals surface area contributed by atoms with Gasteiger partial charge in [0.05, 0.1) is 0 Å². The summed E-state index contributed by atoms with van der Waals surface area (Å²) in [6, 6.07) is 0. The summed E-state index contributed by atoms with van der Waals surface area (Å²) in [4.78, 5) is 0. The van der Waals surface area contributed by atoms with Crippen LogP contribution in [-0.2, 0) is 0 Å². The summed E-state index contributed by atoms with van der Waals surface area (Å²) in [7, 11) is 0. The van der Waals surface area contributed by atoms with Gasteiger partial charge in [-0.2, -0.15) is 0 Å². The molecule has 0 saturated carbocycles. The van der Waals surface area contributed by atoms with Gasteiger partial charge < -0.3 is 0 Å². The molecule has 0 fully saturated rings. The molecule has 0 heterocycles. The molecule has 0 N–H and O–H groups in total. The minimum absolute atomic E-state index is 1.04. The van der Waals surface area contributed by atoms with Gasteiger partial charge in [-0.3, -0.25) is 0 Å². The van der Waals surface area contributed by atoms with E-state index in [0.29, 0.717) is 0 Å². The van der Waals surface area contributed by atoms with E-state index in [4.69, 9.17) is 0 Å². The Kier molecular flexibility index (Phi) is 2.04. The van der Waals surface area contributed by atoms with Crippen LogP contribution in [0.25, 0.3) is 0 Å². The molecule has 1 aliphatic carbocycles. The smallest absolute Gasteiger partial charge is 0.0298 e. The zero-order valence-electron chi connectivity index (χ0n) is 4.78. The fourth-order valence-electron chi connectivity index (χ4n) is 0.600. The van der Waals surface area contributed by atoms with Gasteiger partial charge in [0.15, 0.2) is 0 Å². The monoisotopic (exact) mass is 104 g/mol. The molecule has 0 nitrogen and oxygen atoms in total. The Hall–Kier alpha value is -0.920. The van der Waals surface area contributed by atoms with Crippen molar-refractivity contribution in [2.24, 2.45) is 0 Å².